The van der Waals surface area contributed by atoms with E-state index in [9.17, 15) is 14.4 Å². The minimum atomic E-state index is -0.775. The summed E-state index contributed by atoms with van der Waals surface area (Å²) in [5, 5.41) is 0. The second-order valence-corrected chi connectivity index (χ2v) is 22.7. The molecule has 460 valence electrons. The SMILES string of the molecule is CC/C=C\C/C=C\C/C=C\C/C=C\C/C=C\C/C=C\CCCCCCCCCCCCCCCCCCC(=O)OCC(COC(=O)CCCCCCCC)OC(=O)CCCCCCCCCCC/C=C\C/C=C\CCCCCCC. The Morgan fingerprint density at radius 1 is 0.263 bits per heavy atom. The molecule has 1 unspecified atom stereocenters. The van der Waals surface area contributed by atoms with Gasteiger partial charge in [0.25, 0.3) is 0 Å². The Morgan fingerprint density at radius 2 is 0.487 bits per heavy atom. The van der Waals surface area contributed by atoms with E-state index in [2.05, 4.69) is 118 Å². The first-order chi connectivity index (χ1) is 39.5. The van der Waals surface area contributed by atoms with Crippen LogP contribution in [-0.2, 0) is 28.6 Å². The molecule has 0 aromatic rings. The lowest BCUT2D eigenvalue weighted by Gasteiger charge is -2.18. The van der Waals surface area contributed by atoms with Gasteiger partial charge in [0, 0.05) is 19.3 Å². The number of unbranched alkanes of at least 4 members (excludes halogenated alkanes) is 35. The van der Waals surface area contributed by atoms with Gasteiger partial charge in [-0.15, -0.1) is 0 Å². The summed E-state index contributed by atoms with van der Waals surface area (Å²) in [6.07, 6.45) is 91.8. The maximum absolute atomic E-state index is 12.9. The van der Waals surface area contributed by atoms with E-state index in [1.807, 2.05) is 0 Å². The van der Waals surface area contributed by atoms with Crippen molar-refractivity contribution in [3.05, 3.63) is 97.2 Å². The Balaban J connectivity index is 4.00. The Kier molecular flexibility index (Phi) is 64.7. The number of rotatable bonds is 62. The number of hydrogen-bond acceptors (Lipinski definition) is 6. The summed E-state index contributed by atoms with van der Waals surface area (Å²) >= 11 is 0. The second-order valence-electron chi connectivity index (χ2n) is 22.7. The molecule has 1 atom stereocenters. The molecule has 0 spiro atoms. The lowest BCUT2D eigenvalue weighted by molar-refractivity contribution is -0.167. The average molecular weight is 1110 g/mol. The molecule has 6 nitrogen and oxygen atoms in total. The van der Waals surface area contributed by atoms with Gasteiger partial charge in [0.05, 0.1) is 0 Å². The lowest BCUT2D eigenvalue weighted by atomic mass is 10.0. The van der Waals surface area contributed by atoms with Gasteiger partial charge in [0.1, 0.15) is 13.2 Å². The van der Waals surface area contributed by atoms with Crippen molar-refractivity contribution in [2.75, 3.05) is 13.2 Å². The zero-order valence-electron chi connectivity index (χ0n) is 52.8. The zero-order valence-corrected chi connectivity index (χ0v) is 52.8. The molecule has 6 heteroatoms. The maximum atomic E-state index is 12.9. The van der Waals surface area contributed by atoms with E-state index in [1.54, 1.807) is 0 Å². The van der Waals surface area contributed by atoms with Crippen molar-refractivity contribution in [2.24, 2.45) is 0 Å². The van der Waals surface area contributed by atoms with Crippen molar-refractivity contribution in [2.45, 2.75) is 341 Å². The topological polar surface area (TPSA) is 78.9 Å². The summed E-state index contributed by atoms with van der Waals surface area (Å²) in [5.41, 5.74) is 0. The van der Waals surface area contributed by atoms with Crippen LogP contribution >= 0.6 is 0 Å². The van der Waals surface area contributed by atoms with Crippen LogP contribution < -0.4 is 0 Å². The summed E-state index contributed by atoms with van der Waals surface area (Å²) < 4.78 is 16.8. The van der Waals surface area contributed by atoms with Gasteiger partial charge >= 0.3 is 17.9 Å². The van der Waals surface area contributed by atoms with Crippen molar-refractivity contribution in [1.82, 2.24) is 0 Å². The second kappa shape index (κ2) is 67.8. The normalized spacial score (nSPS) is 12.7. The fraction of sp³-hybridized carbons (Fsp3) is 0.743. The van der Waals surface area contributed by atoms with Crippen LogP contribution in [0.15, 0.2) is 97.2 Å². The molecule has 80 heavy (non-hydrogen) atoms. The molecule has 0 saturated carbocycles. The van der Waals surface area contributed by atoms with Gasteiger partial charge in [-0.1, -0.05) is 311 Å². The van der Waals surface area contributed by atoms with Crippen molar-refractivity contribution in [3.8, 4) is 0 Å². The van der Waals surface area contributed by atoms with E-state index in [0.717, 1.165) is 103 Å². The molecule has 0 aliphatic carbocycles. The predicted molar refractivity (Wildman–Crippen MR) is 348 cm³/mol. The molecule has 0 bridgehead atoms. The summed E-state index contributed by atoms with van der Waals surface area (Å²) in [6.45, 7) is 6.48. The first-order valence-corrected chi connectivity index (χ1v) is 34.2. The molecule has 0 radical (unpaired) electrons. The third kappa shape index (κ3) is 65.1. The first-order valence-electron chi connectivity index (χ1n) is 34.2. The summed E-state index contributed by atoms with van der Waals surface area (Å²) in [4.78, 5) is 38.1. The highest BCUT2D eigenvalue weighted by atomic mass is 16.6. The Bertz CT molecular complexity index is 1560. The number of hydrogen-bond donors (Lipinski definition) is 0. The van der Waals surface area contributed by atoms with Gasteiger partial charge in [-0.25, -0.2) is 0 Å². The van der Waals surface area contributed by atoms with Crippen LogP contribution in [0.3, 0.4) is 0 Å². The van der Waals surface area contributed by atoms with Gasteiger partial charge in [0.2, 0.25) is 0 Å². The lowest BCUT2D eigenvalue weighted by Crippen LogP contribution is -2.30. The van der Waals surface area contributed by atoms with Gasteiger partial charge < -0.3 is 14.2 Å². The number of esters is 3. The van der Waals surface area contributed by atoms with Gasteiger partial charge in [-0.2, -0.15) is 0 Å². The minimum Gasteiger partial charge on any atom is -0.462 e. The smallest absolute Gasteiger partial charge is 0.306 e. The van der Waals surface area contributed by atoms with Gasteiger partial charge in [-0.3, -0.25) is 14.4 Å². The van der Waals surface area contributed by atoms with Crippen molar-refractivity contribution in [3.63, 3.8) is 0 Å². The van der Waals surface area contributed by atoms with Gasteiger partial charge in [0.15, 0.2) is 6.10 Å². The third-order valence-corrected chi connectivity index (χ3v) is 14.8. The molecule has 0 aromatic heterocycles. The van der Waals surface area contributed by atoms with Crippen LogP contribution in [0.2, 0.25) is 0 Å². The molecule has 0 amide bonds. The fourth-order valence-electron chi connectivity index (χ4n) is 9.71. The zero-order chi connectivity index (χ0) is 57.8. The Morgan fingerprint density at radius 3 is 0.762 bits per heavy atom. The number of carbonyl (C=O) groups is 3. The molecule has 0 fully saturated rings. The molecule has 0 aliphatic heterocycles. The number of carbonyl (C=O) groups excluding carboxylic acids is 3. The molecular weight excluding hydrogens is 985 g/mol. The first kappa shape index (κ1) is 76.3. The highest BCUT2D eigenvalue weighted by Crippen LogP contribution is 2.17. The van der Waals surface area contributed by atoms with E-state index in [-0.39, 0.29) is 31.1 Å². The summed E-state index contributed by atoms with van der Waals surface area (Å²) in [6, 6.07) is 0. The molecule has 0 rings (SSSR count). The molecule has 0 saturated heterocycles. The average Bonchev–Trinajstić information content (AvgIpc) is 3.46. The van der Waals surface area contributed by atoms with Crippen LogP contribution in [0, 0.1) is 0 Å². The third-order valence-electron chi connectivity index (χ3n) is 14.8. The summed E-state index contributed by atoms with van der Waals surface area (Å²) in [5.74, 6) is -0.876. The number of allylic oxidation sites excluding steroid dienone is 16. The summed E-state index contributed by atoms with van der Waals surface area (Å²) in [7, 11) is 0. The van der Waals surface area contributed by atoms with E-state index in [0.29, 0.717) is 19.3 Å². The predicted octanol–water partition coefficient (Wildman–Crippen LogP) is 23.6. The highest BCUT2D eigenvalue weighted by Gasteiger charge is 2.19. The quantitative estimate of drug-likeness (QED) is 0.0261. The maximum Gasteiger partial charge on any atom is 0.306 e. The van der Waals surface area contributed by atoms with Crippen molar-refractivity contribution < 1.29 is 28.6 Å². The van der Waals surface area contributed by atoms with Crippen LogP contribution in [-0.4, -0.2) is 37.2 Å². The number of ether oxygens (including phenoxy) is 3. The molecule has 0 heterocycles. The van der Waals surface area contributed by atoms with E-state index < -0.39 is 6.10 Å². The Labute approximate surface area is 496 Å². The van der Waals surface area contributed by atoms with Crippen LogP contribution in [0.4, 0.5) is 0 Å². The highest BCUT2D eigenvalue weighted by molar-refractivity contribution is 5.71. The van der Waals surface area contributed by atoms with Crippen LogP contribution in [0.1, 0.15) is 335 Å². The standard InChI is InChI=1S/C74H128O6/c1-4-7-10-13-16-18-20-22-24-26-28-30-31-32-33-34-35-36-37-38-39-40-41-42-43-45-46-48-50-52-54-56-58-61-64-67-73(76)79-70-71(69-78-72(75)66-63-60-15-12-9-6-3)80-74(77)68-65-62-59-57-55-53-51-49-47-44-29-27-25-23-21-19-17-14-11-8-5-2/h7,10,16,18,21-24,27-30,32-33,35-36,71H,4-6,8-9,11-15,17,19-20,25-26,31,34,37-70H2,1-3H3/b10-7-,18-16-,23-21-,24-22-,29-27-,30-28-,33-32-,36-35-. The molecule has 0 aliphatic rings. The van der Waals surface area contributed by atoms with E-state index in [4.69, 9.17) is 14.2 Å². The van der Waals surface area contributed by atoms with E-state index in [1.165, 1.54) is 193 Å². The van der Waals surface area contributed by atoms with E-state index >= 15 is 0 Å². The van der Waals surface area contributed by atoms with Gasteiger partial charge in [-0.05, 0) is 103 Å². The molecule has 0 aromatic carbocycles. The largest absolute Gasteiger partial charge is 0.462 e. The van der Waals surface area contributed by atoms with Crippen molar-refractivity contribution >= 4 is 17.9 Å². The monoisotopic (exact) mass is 1110 g/mol. The van der Waals surface area contributed by atoms with Crippen LogP contribution in [0.5, 0.6) is 0 Å². The van der Waals surface area contributed by atoms with Crippen molar-refractivity contribution in [1.29, 1.82) is 0 Å². The molecular formula is C74H128O6. The minimum absolute atomic E-state index is 0.0753. The Hall–Kier alpha value is -3.67. The van der Waals surface area contributed by atoms with Crippen LogP contribution in [0.25, 0.3) is 0 Å². The fourth-order valence-corrected chi connectivity index (χ4v) is 9.71. The molecule has 0 N–H and O–H groups in total.